The largest absolute Gasteiger partial charge is 0.399 e. The minimum atomic E-state index is 0.0779. The highest BCUT2D eigenvalue weighted by Crippen LogP contribution is 2.31. The molecule has 0 aliphatic carbocycles. The van der Waals surface area contributed by atoms with Crippen molar-refractivity contribution in [3.05, 3.63) is 88.4 Å². The lowest BCUT2D eigenvalue weighted by atomic mass is 10.0. The highest BCUT2D eigenvalue weighted by molar-refractivity contribution is 7.97. The Morgan fingerprint density at radius 1 is 1.09 bits per heavy atom. The summed E-state index contributed by atoms with van der Waals surface area (Å²) >= 11 is 3.38. The third-order valence-corrected chi connectivity index (χ3v) is 7.07. The quantitative estimate of drug-likeness (QED) is 0.180. The molecule has 1 unspecified atom stereocenters. The Hall–Kier alpha value is -2.78. The smallest absolute Gasteiger partial charge is 0.112 e. The van der Waals surface area contributed by atoms with Crippen molar-refractivity contribution in [2.45, 2.75) is 44.0 Å². The molecule has 0 aliphatic rings. The predicted octanol–water partition coefficient (Wildman–Crippen LogP) is 6.92. The van der Waals surface area contributed by atoms with E-state index in [-0.39, 0.29) is 6.04 Å². The van der Waals surface area contributed by atoms with Crippen LogP contribution in [0.3, 0.4) is 0 Å². The number of nitrogens with two attached hydrogens (primary N) is 1. The SMILES string of the molecule is CCCC#Cc1cccc(CC(NSc2ccc(N)cc2)c2nc3ccc(C)cc3s2)c1. The van der Waals surface area contributed by atoms with Crippen molar-refractivity contribution < 1.29 is 0 Å². The van der Waals surface area contributed by atoms with Gasteiger partial charge >= 0.3 is 0 Å². The third kappa shape index (κ3) is 5.92. The normalized spacial score (nSPS) is 11.8. The van der Waals surface area contributed by atoms with Gasteiger partial charge in [0.1, 0.15) is 5.01 Å². The van der Waals surface area contributed by atoms with Crippen molar-refractivity contribution in [1.29, 1.82) is 0 Å². The number of anilines is 1. The van der Waals surface area contributed by atoms with Crippen LogP contribution >= 0.6 is 23.3 Å². The molecule has 0 aliphatic heterocycles. The molecule has 5 heteroatoms. The second-order valence-corrected chi connectivity index (χ2v) is 9.79. The van der Waals surface area contributed by atoms with Gasteiger partial charge in [-0.1, -0.05) is 37.0 Å². The lowest BCUT2D eigenvalue weighted by Gasteiger charge is -2.16. The van der Waals surface area contributed by atoms with Crippen LogP contribution in [0.5, 0.6) is 0 Å². The topological polar surface area (TPSA) is 50.9 Å². The first-order valence-electron chi connectivity index (χ1n) is 10.8. The predicted molar refractivity (Wildman–Crippen MR) is 139 cm³/mol. The Morgan fingerprint density at radius 2 is 1.94 bits per heavy atom. The fourth-order valence-electron chi connectivity index (χ4n) is 3.35. The second-order valence-electron chi connectivity index (χ2n) is 7.82. The number of hydrogen-bond donors (Lipinski definition) is 2. The van der Waals surface area contributed by atoms with E-state index in [2.05, 4.69) is 72.9 Å². The first kappa shape index (κ1) is 22.4. The summed E-state index contributed by atoms with van der Waals surface area (Å²) in [7, 11) is 0. The molecule has 162 valence electrons. The number of rotatable bonds is 7. The molecule has 0 bridgehead atoms. The molecule has 3 aromatic carbocycles. The van der Waals surface area contributed by atoms with Crippen molar-refractivity contribution in [2.75, 3.05) is 5.73 Å². The molecule has 32 heavy (non-hydrogen) atoms. The standard InChI is InChI=1S/C27H27N3S2/c1-3-4-5-7-20-8-6-9-21(17-20)18-25(30-32-23-13-11-22(28)12-14-23)27-29-24-15-10-19(2)16-26(24)31-27/h6,8-17,25,30H,3-4,18,28H2,1-2H3. The number of fused-ring (bicyclic) bond motifs is 1. The lowest BCUT2D eigenvalue weighted by molar-refractivity contribution is 0.668. The maximum absolute atomic E-state index is 5.84. The first-order chi connectivity index (χ1) is 15.6. The number of nitrogens with zero attached hydrogens (tertiary/aromatic N) is 1. The van der Waals surface area contributed by atoms with E-state index in [0.29, 0.717) is 0 Å². The van der Waals surface area contributed by atoms with Crippen LogP contribution in [0.15, 0.2) is 71.6 Å². The molecule has 1 atom stereocenters. The average molecular weight is 458 g/mol. The van der Waals surface area contributed by atoms with Crippen molar-refractivity contribution in [3.8, 4) is 11.8 Å². The molecule has 0 saturated carbocycles. The number of nitrogen functional groups attached to an aromatic ring is 1. The minimum Gasteiger partial charge on any atom is -0.399 e. The van der Waals surface area contributed by atoms with E-state index in [1.807, 2.05) is 24.3 Å². The molecular weight excluding hydrogens is 430 g/mol. The molecule has 4 aromatic rings. The van der Waals surface area contributed by atoms with Crippen LogP contribution in [0.1, 0.15) is 47.5 Å². The Morgan fingerprint density at radius 3 is 2.75 bits per heavy atom. The van der Waals surface area contributed by atoms with Gasteiger partial charge in [0.05, 0.1) is 16.3 Å². The van der Waals surface area contributed by atoms with Gasteiger partial charge in [-0.05, 0) is 91.4 Å². The summed E-state index contributed by atoms with van der Waals surface area (Å²) in [6, 6.07) is 23.0. The average Bonchev–Trinajstić information content (AvgIpc) is 3.21. The van der Waals surface area contributed by atoms with Crippen LogP contribution in [0.2, 0.25) is 0 Å². The Labute approximate surface area is 198 Å². The van der Waals surface area contributed by atoms with Gasteiger partial charge in [-0.2, -0.15) is 0 Å². The van der Waals surface area contributed by atoms with Crippen LogP contribution in [-0.2, 0) is 6.42 Å². The molecular formula is C27H27N3S2. The summed E-state index contributed by atoms with van der Waals surface area (Å²) in [4.78, 5) is 6.08. The lowest BCUT2D eigenvalue weighted by Crippen LogP contribution is -2.17. The van der Waals surface area contributed by atoms with Gasteiger partial charge < -0.3 is 5.73 Å². The van der Waals surface area contributed by atoms with E-state index >= 15 is 0 Å². The van der Waals surface area contributed by atoms with Crippen LogP contribution in [0.4, 0.5) is 5.69 Å². The maximum Gasteiger partial charge on any atom is 0.112 e. The molecule has 0 fully saturated rings. The second kappa shape index (κ2) is 10.7. The molecule has 0 saturated heterocycles. The summed E-state index contributed by atoms with van der Waals surface area (Å²) in [5, 5.41) is 1.09. The van der Waals surface area contributed by atoms with Gasteiger partial charge in [0.15, 0.2) is 0 Å². The van der Waals surface area contributed by atoms with Gasteiger partial charge in [-0.25, -0.2) is 9.71 Å². The number of unbranched alkanes of at least 4 members (excludes halogenated alkanes) is 1. The van der Waals surface area contributed by atoms with Crippen molar-refractivity contribution in [3.63, 3.8) is 0 Å². The van der Waals surface area contributed by atoms with Gasteiger partial charge in [0, 0.05) is 22.6 Å². The molecule has 3 nitrogen and oxygen atoms in total. The number of aromatic nitrogens is 1. The monoisotopic (exact) mass is 457 g/mol. The maximum atomic E-state index is 5.84. The summed E-state index contributed by atoms with van der Waals surface area (Å²) in [5.41, 5.74) is 11.2. The van der Waals surface area contributed by atoms with Gasteiger partial charge in [-0.3, -0.25) is 0 Å². The van der Waals surface area contributed by atoms with Crippen LogP contribution in [0.25, 0.3) is 10.2 Å². The van der Waals surface area contributed by atoms with Gasteiger partial charge in [0.25, 0.3) is 0 Å². The van der Waals surface area contributed by atoms with E-state index in [1.165, 1.54) is 15.8 Å². The number of hydrogen-bond acceptors (Lipinski definition) is 5. The number of thiazole rings is 1. The van der Waals surface area contributed by atoms with E-state index in [4.69, 9.17) is 10.7 Å². The summed E-state index contributed by atoms with van der Waals surface area (Å²) in [6.45, 7) is 4.27. The molecule has 4 rings (SSSR count). The highest BCUT2D eigenvalue weighted by atomic mass is 32.2. The first-order valence-corrected chi connectivity index (χ1v) is 12.5. The summed E-state index contributed by atoms with van der Waals surface area (Å²) in [6.07, 6.45) is 2.85. The molecule has 0 amide bonds. The summed E-state index contributed by atoms with van der Waals surface area (Å²) in [5.74, 6) is 6.54. The van der Waals surface area contributed by atoms with Crippen LogP contribution < -0.4 is 10.5 Å². The zero-order valence-electron chi connectivity index (χ0n) is 18.4. The summed E-state index contributed by atoms with van der Waals surface area (Å²) < 4.78 is 4.88. The van der Waals surface area contributed by atoms with E-state index in [0.717, 1.165) is 45.9 Å². The van der Waals surface area contributed by atoms with Crippen molar-refractivity contribution in [1.82, 2.24) is 9.71 Å². The van der Waals surface area contributed by atoms with Gasteiger partial charge in [0.2, 0.25) is 0 Å². The third-order valence-electron chi connectivity index (χ3n) is 5.03. The van der Waals surface area contributed by atoms with E-state index in [9.17, 15) is 0 Å². The number of aryl methyl sites for hydroxylation is 1. The van der Waals surface area contributed by atoms with Crippen LogP contribution in [-0.4, -0.2) is 4.98 Å². The fraction of sp³-hybridized carbons (Fsp3) is 0.222. The van der Waals surface area contributed by atoms with Crippen LogP contribution in [0, 0.1) is 18.8 Å². The fourth-order valence-corrected chi connectivity index (χ4v) is 5.29. The molecule has 3 N–H and O–H groups in total. The molecule has 0 radical (unpaired) electrons. The van der Waals surface area contributed by atoms with Gasteiger partial charge in [-0.15, -0.1) is 11.3 Å². The van der Waals surface area contributed by atoms with E-state index in [1.54, 1.807) is 23.3 Å². The Bertz CT molecular complexity index is 1250. The zero-order chi connectivity index (χ0) is 22.3. The van der Waals surface area contributed by atoms with Crippen molar-refractivity contribution >= 4 is 39.2 Å². The molecule has 1 aromatic heterocycles. The number of benzene rings is 3. The Kier molecular flexibility index (Phi) is 7.49. The Balaban J connectivity index is 1.60. The highest BCUT2D eigenvalue weighted by Gasteiger charge is 2.18. The van der Waals surface area contributed by atoms with Crippen molar-refractivity contribution in [2.24, 2.45) is 0 Å². The number of nitrogens with one attached hydrogen (secondary N) is 1. The van der Waals surface area contributed by atoms with E-state index < -0.39 is 0 Å². The zero-order valence-corrected chi connectivity index (χ0v) is 20.0. The molecule has 0 spiro atoms. The minimum absolute atomic E-state index is 0.0779. The molecule has 1 heterocycles.